The molecule has 1 heterocycles. The molecule has 1 saturated carbocycles. The zero-order chi connectivity index (χ0) is 14.4. The van der Waals surface area contributed by atoms with Gasteiger partial charge in [-0.2, -0.15) is 0 Å². The number of methoxy groups -OCH3 is 1. The van der Waals surface area contributed by atoms with Crippen molar-refractivity contribution in [2.75, 3.05) is 20.3 Å². The minimum Gasteiger partial charge on any atom is -0.501 e. The van der Waals surface area contributed by atoms with Crippen molar-refractivity contribution in [1.29, 1.82) is 0 Å². The highest BCUT2D eigenvalue weighted by Gasteiger charge is 2.43. The Labute approximate surface area is 124 Å². The Morgan fingerprint density at radius 3 is 2.75 bits per heavy atom. The van der Waals surface area contributed by atoms with Crippen LogP contribution in [-0.4, -0.2) is 31.9 Å². The first kappa shape index (κ1) is 15.8. The maximum Gasteiger partial charge on any atom is 0.0876 e. The van der Waals surface area contributed by atoms with Gasteiger partial charge in [-0.15, -0.1) is 0 Å². The third-order valence-electron chi connectivity index (χ3n) is 4.98. The van der Waals surface area contributed by atoms with Gasteiger partial charge in [0.1, 0.15) is 0 Å². The molecule has 0 amide bonds. The second-order valence-electron chi connectivity index (χ2n) is 6.51. The van der Waals surface area contributed by atoms with Gasteiger partial charge in [0.05, 0.1) is 24.5 Å². The van der Waals surface area contributed by atoms with Crippen molar-refractivity contribution in [2.45, 2.75) is 70.4 Å². The molecule has 1 unspecified atom stereocenters. The Morgan fingerprint density at radius 2 is 2.20 bits per heavy atom. The zero-order valence-corrected chi connectivity index (χ0v) is 13.4. The first-order valence-electron chi connectivity index (χ1n) is 8.31. The van der Waals surface area contributed by atoms with Gasteiger partial charge in [-0.25, -0.2) is 0 Å². The second kappa shape index (κ2) is 7.46. The summed E-state index contributed by atoms with van der Waals surface area (Å²) in [6, 6.07) is 0.320. The molecule has 3 heteroatoms. The Bertz CT molecular complexity index is 319. The zero-order valence-electron chi connectivity index (χ0n) is 13.4. The van der Waals surface area contributed by atoms with E-state index in [9.17, 15) is 0 Å². The summed E-state index contributed by atoms with van der Waals surface area (Å²) in [7, 11) is 1.89. The number of rotatable bonds is 6. The summed E-state index contributed by atoms with van der Waals surface area (Å²) in [4.78, 5) is 0. The predicted molar refractivity (Wildman–Crippen MR) is 82.7 cm³/mol. The average molecular weight is 281 g/mol. The summed E-state index contributed by atoms with van der Waals surface area (Å²) < 4.78 is 11.7. The van der Waals surface area contributed by atoms with Gasteiger partial charge in [0, 0.05) is 7.11 Å². The molecular weight excluding hydrogens is 250 g/mol. The first-order valence-corrected chi connectivity index (χ1v) is 8.31. The molecule has 0 aromatic heterocycles. The minimum atomic E-state index is -0.0335. The van der Waals surface area contributed by atoms with Crippen molar-refractivity contribution >= 4 is 0 Å². The van der Waals surface area contributed by atoms with Gasteiger partial charge in [0.25, 0.3) is 0 Å². The van der Waals surface area contributed by atoms with E-state index in [0.29, 0.717) is 6.04 Å². The Kier molecular flexibility index (Phi) is 5.91. The van der Waals surface area contributed by atoms with E-state index in [0.717, 1.165) is 51.2 Å². The fraction of sp³-hybridized carbons (Fsp3) is 0.882. The SMILES string of the molecule is CCCNC(C1=COCCC1)C1(OC)CCC(C)CC1. The topological polar surface area (TPSA) is 30.5 Å². The molecule has 1 aliphatic heterocycles. The summed E-state index contributed by atoms with van der Waals surface area (Å²) >= 11 is 0. The molecule has 0 bridgehead atoms. The molecule has 0 spiro atoms. The van der Waals surface area contributed by atoms with Crippen molar-refractivity contribution in [3.05, 3.63) is 11.8 Å². The highest BCUT2D eigenvalue weighted by atomic mass is 16.5. The van der Waals surface area contributed by atoms with E-state index >= 15 is 0 Å². The Hall–Kier alpha value is -0.540. The summed E-state index contributed by atoms with van der Waals surface area (Å²) in [5.41, 5.74) is 1.37. The molecule has 0 aromatic rings. The molecule has 20 heavy (non-hydrogen) atoms. The predicted octanol–water partition coefficient (Wildman–Crippen LogP) is 3.64. The smallest absolute Gasteiger partial charge is 0.0876 e. The van der Waals surface area contributed by atoms with Gasteiger partial charge in [-0.1, -0.05) is 13.8 Å². The molecule has 1 atom stereocenters. The second-order valence-corrected chi connectivity index (χ2v) is 6.51. The number of hydrogen-bond acceptors (Lipinski definition) is 3. The van der Waals surface area contributed by atoms with Gasteiger partial charge in [-0.3, -0.25) is 0 Å². The average Bonchev–Trinajstić information content (AvgIpc) is 2.51. The van der Waals surface area contributed by atoms with E-state index in [1.165, 1.54) is 18.4 Å². The van der Waals surface area contributed by atoms with E-state index in [1.54, 1.807) is 0 Å². The first-order chi connectivity index (χ1) is 9.72. The summed E-state index contributed by atoms with van der Waals surface area (Å²) in [6.45, 7) is 6.49. The molecule has 0 saturated heterocycles. The molecule has 2 rings (SSSR count). The van der Waals surface area contributed by atoms with Crippen LogP contribution >= 0.6 is 0 Å². The monoisotopic (exact) mass is 281 g/mol. The maximum absolute atomic E-state index is 6.08. The van der Waals surface area contributed by atoms with Gasteiger partial charge >= 0.3 is 0 Å². The van der Waals surface area contributed by atoms with Crippen LogP contribution in [0.4, 0.5) is 0 Å². The van der Waals surface area contributed by atoms with Crippen LogP contribution in [-0.2, 0) is 9.47 Å². The standard InChI is InChI=1S/C17H31NO2/c1-4-11-18-16(15-6-5-12-20-13-15)17(19-3)9-7-14(2)8-10-17/h13-14,16,18H,4-12H2,1-3H3. The molecule has 116 valence electrons. The van der Waals surface area contributed by atoms with Crippen LogP contribution in [0.2, 0.25) is 0 Å². The highest BCUT2D eigenvalue weighted by molar-refractivity contribution is 5.18. The number of hydrogen-bond donors (Lipinski definition) is 1. The van der Waals surface area contributed by atoms with Crippen LogP contribution in [0, 0.1) is 5.92 Å². The molecule has 1 N–H and O–H groups in total. The number of ether oxygens (including phenoxy) is 2. The van der Waals surface area contributed by atoms with Crippen molar-refractivity contribution in [1.82, 2.24) is 5.32 Å². The van der Waals surface area contributed by atoms with Crippen LogP contribution in [0.25, 0.3) is 0 Å². The molecule has 1 fully saturated rings. The van der Waals surface area contributed by atoms with Crippen molar-refractivity contribution in [3.8, 4) is 0 Å². The van der Waals surface area contributed by atoms with Gasteiger partial charge < -0.3 is 14.8 Å². The van der Waals surface area contributed by atoms with Crippen molar-refractivity contribution in [3.63, 3.8) is 0 Å². The van der Waals surface area contributed by atoms with Gasteiger partial charge in [0.2, 0.25) is 0 Å². The fourth-order valence-electron chi connectivity index (χ4n) is 3.60. The molecule has 0 aromatic carbocycles. The lowest BCUT2D eigenvalue weighted by Crippen LogP contribution is -2.55. The largest absolute Gasteiger partial charge is 0.501 e. The molecular formula is C17H31NO2. The lowest BCUT2D eigenvalue weighted by atomic mass is 9.72. The van der Waals surface area contributed by atoms with Crippen LogP contribution in [0.5, 0.6) is 0 Å². The lowest BCUT2D eigenvalue weighted by Gasteiger charge is -2.45. The quantitative estimate of drug-likeness (QED) is 0.806. The molecule has 0 radical (unpaired) electrons. The summed E-state index contributed by atoms with van der Waals surface area (Å²) in [5.74, 6) is 0.835. The highest BCUT2D eigenvalue weighted by Crippen LogP contribution is 2.40. The molecule has 1 aliphatic carbocycles. The van der Waals surface area contributed by atoms with Crippen molar-refractivity contribution in [2.24, 2.45) is 5.92 Å². The van der Waals surface area contributed by atoms with Crippen LogP contribution < -0.4 is 5.32 Å². The van der Waals surface area contributed by atoms with Crippen molar-refractivity contribution < 1.29 is 9.47 Å². The van der Waals surface area contributed by atoms with Crippen LogP contribution in [0.1, 0.15) is 58.8 Å². The van der Waals surface area contributed by atoms with Crippen LogP contribution in [0.3, 0.4) is 0 Å². The lowest BCUT2D eigenvalue weighted by molar-refractivity contribution is -0.0680. The Balaban J connectivity index is 2.16. The van der Waals surface area contributed by atoms with E-state index in [-0.39, 0.29) is 5.60 Å². The van der Waals surface area contributed by atoms with E-state index in [2.05, 4.69) is 19.2 Å². The summed E-state index contributed by atoms with van der Waals surface area (Å²) in [6.07, 6.45) is 10.3. The van der Waals surface area contributed by atoms with E-state index < -0.39 is 0 Å². The third-order valence-corrected chi connectivity index (χ3v) is 4.98. The van der Waals surface area contributed by atoms with Gasteiger partial charge in [-0.05, 0) is 63.0 Å². The van der Waals surface area contributed by atoms with Crippen LogP contribution in [0.15, 0.2) is 11.8 Å². The molecule has 3 nitrogen and oxygen atoms in total. The third kappa shape index (κ3) is 3.56. The minimum absolute atomic E-state index is 0.0335. The normalized spacial score (nSPS) is 32.4. The summed E-state index contributed by atoms with van der Waals surface area (Å²) in [5, 5.41) is 3.74. The fourth-order valence-corrected chi connectivity index (χ4v) is 3.60. The van der Waals surface area contributed by atoms with E-state index in [4.69, 9.17) is 9.47 Å². The number of nitrogens with one attached hydrogen (secondary N) is 1. The molecule has 2 aliphatic rings. The van der Waals surface area contributed by atoms with E-state index in [1.807, 2.05) is 13.4 Å². The maximum atomic E-state index is 6.08. The Morgan fingerprint density at radius 1 is 1.45 bits per heavy atom. The van der Waals surface area contributed by atoms with Gasteiger partial charge in [0.15, 0.2) is 0 Å².